The van der Waals surface area contributed by atoms with Crippen molar-refractivity contribution in [3.05, 3.63) is 0 Å². The van der Waals surface area contributed by atoms with E-state index in [9.17, 15) is 23.1 Å². The lowest BCUT2D eigenvalue weighted by molar-refractivity contribution is -0.310. The van der Waals surface area contributed by atoms with E-state index in [-0.39, 0.29) is 13.0 Å². The Hall–Kier alpha value is -1.35. The molecule has 1 aliphatic rings. The molecular weight excluding hydrogens is 290 g/mol. The van der Waals surface area contributed by atoms with Gasteiger partial charge in [0.2, 0.25) is 0 Å². The first-order valence-electron chi connectivity index (χ1n) is 5.98. The van der Waals surface area contributed by atoms with Crippen molar-refractivity contribution < 1.29 is 32.0 Å². The molecule has 116 valence electrons. The van der Waals surface area contributed by atoms with Crippen molar-refractivity contribution in [2.45, 2.75) is 44.9 Å². The molecule has 1 amide bonds. The molecule has 20 heavy (non-hydrogen) atoms. The molecule has 0 radical (unpaired) electrons. The normalized spacial score (nSPS) is 23.7. The van der Waals surface area contributed by atoms with Crippen LogP contribution in [0.1, 0.15) is 27.2 Å². The summed E-state index contributed by atoms with van der Waals surface area (Å²) in [6, 6.07) is -1.27. The van der Waals surface area contributed by atoms with Crippen molar-refractivity contribution in [2.75, 3.05) is 12.8 Å². The number of hydrogen-bond donors (Lipinski definition) is 0. The first-order valence-corrected chi connectivity index (χ1v) is 7.79. The maximum absolute atomic E-state index is 11.9. The summed E-state index contributed by atoms with van der Waals surface area (Å²) < 4.78 is 31.9. The van der Waals surface area contributed by atoms with E-state index in [4.69, 9.17) is 8.92 Å². The maximum atomic E-state index is 11.9. The Balaban J connectivity index is 2.83. The summed E-state index contributed by atoms with van der Waals surface area (Å²) in [7, 11) is -3.73. The Morgan fingerprint density at radius 2 is 1.85 bits per heavy atom. The second kappa shape index (κ2) is 5.57. The molecule has 1 heterocycles. The summed E-state index contributed by atoms with van der Waals surface area (Å²) in [5.74, 6) is -1.48. The van der Waals surface area contributed by atoms with E-state index >= 15 is 0 Å². The average Bonchev–Trinajstić information content (AvgIpc) is 2.56. The van der Waals surface area contributed by atoms with Crippen LogP contribution in [0.4, 0.5) is 4.79 Å². The molecule has 0 aromatic carbocycles. The molecule has 2 atom stereocenters. The number of carbonyl (C=O) groups excluding carboxylic acids is 2. The first-order chi connectivity index (χ1) is 8.89. The van der Waals surface area contributed by atoms with Gasteiger partial charge in [-0.2, -0.15) is 8.42 Å². The van der Waals surface area contributed by atoms with Gasteiger partial charge in [0, 0.05) is 6.42 Å². The van der Waals surface area contributed by atoms with E-state index < -0.39 is 39.9 Å². The number of aliphatic carboxylic acids is 1. The number of rotatable bonds is 3. The number of carbonyl (C=O) groups is 2. The molecule has 0 aromatic heterocycles. The molecule has 0 saturated carbocycles. The zero-order chi connectivity index (χ0) is 15.7. The standard InChI is InChI=1S/C11H19NO7S/c1-11(2,3)18-10(15)12-6-7(19-20(4,16)17)5-8(12)9(13)14/h7-8H,5-6H2,1-4H3,(H,13,14)/p-1/t7-,8+/m1/s1. The summed E-state index contributed by atoms with van der Waals surface area (Å²) in [6.07, 6.45) is -1.06. The molecule has 1 aliphatic heterocycles. The molecule has 8 nitrogen and oxygen atoms in total. The van der Waals surface area contributed by atoms with Crippen LogP contribution in [0.3, 0.4) is 0 Å². The summed E-state index contributed by atoms with van der Waals surface area (Å²) in [6.45, 7) is 4.74. The Morgan fingerprint density at radius 1 is 1.30 bits per heavy atom. The van der Waals surface area contributed by atoms with Gasteiger partial charge in [-0.05, 0) is 20.8 Å². The van der Waals surface area contributed by atoms with Crippen LogP contribution in [-0.2, 0) is 23.8 Å². The van der Waals surface area contributed by atoms with Crippen LogP contribution in [0.5, 0.6) is 0 Å². The van der Waals surface area contributed by atoms with Crippen molar-refractivity contribution in [1.82, 2.24) is 4.90 Å². The highest BCUT2D eigenvalue weighted by atomic mass is 32.2. The SMILES string of the molecule is CC(C)(C)OC(=O)N1C[C@H](OS(C)(=O)=O)C[C@H]1C(=O)[O-]. The predicted molar refractivity (Wildman–Crippen MR) is 66.1 cm³/mol. The Bertz CT molecular complexity index is 493. The average molecular weight is 308 g/mol. The van der Waals surface area contributed by atoms with Gasteiger partial charge in [-0.25, -0.2) is 4.79 Å². The third-order valence-corrected chi connectivity index (χ3v) is 3.10. The van der Waals surface area contributed by atoms with Crippen LogP contribution in [0.25, 0.3) is 0 Å². The highest BCUT2D eigenvalue weighted by Gasteiger charge is 2.40. The van der Waals surface area contributed by atoms with Gasteiger partial charge >= 0.3 is 6.09 Å². The van der Waals surface area contributed by atoms with Gasteiger partial charge in [0.05, 0.1) is 30.9 Å². The molecule has 0 aliphatic carbocycles. The smallest absolute Gasteiger partial charge is 0.410 e. The molecule has 0 aromatic rings. The second-order valence-electron chi connectivity index (χ2n) is 5.63. The quantitative estimate of drug-likeness (QED) is 0.620. The highest BCUT2D eigenvalue weighted by molar-refractivity contribution is 7.86. The lowest BCUT2D eigenvalue weighted by Crippen LogP contribution is -2.48. The summed E-state index contributed by atoms with van der Waals surface area (Å²) in [4.78, 5) is 23.8. The highest BCUT2D eigenvalue weighted by Crippen LogP contribution is 2.23. The van der Waals surface area contributed by atoms with Crippen LogP contribution in [-0.4, -0.2) is 55.9 Å². The van der Waals surface area contributed by atoms with Gasteiger partial charge in [0.1, 0.15) is 5.60 Å². The van der Waals surface area contributed by atoms with E-state index in [0.717, 1.165) is 11.2 Å². The fourth-order valence-corrected chi connectivity index (χ4v) is 2.49. The minimum absolute atomic E-state index is 0.158. The van der Waals surface area contributed by atoms with Crippen LogP contribution in [0.2, 0.25) is 0 Å². The van der Waals surface area contributed by atoms with Gasteiger partial charge in [0.15, 0.2) is 0 Å². The Morgan fingerprint density at radius 3 is 2.25 bits per heavy atom. The number of carboxylic acid groups (broad SMARTS) is 1. The zero-order valence-electron chi connectivity index (χ0n) is 11.8. The fraction of sp³-hybridized carbons (Fsp3) is 0.818. The van der Waals surface area contributed by atoms with Crippen molar-refractivity contribution in [2.24, 2.45) is 0 Å². The minimum atomic E-state index is -3.73. The first kappa shape index (κ1) is 16.7. The molecule has 0 unspecified atom stereocenters. The van der Waals surface area contributed by atoms with Crippen LogP contribution >= 0.6 is 0 Å². The van der Waals surface area contributed by atoms with E-state index in [0.29, 0.717) is 0 Å². The molecule has 0 spiro atoms. The monoisotopic (exact) mass is 308 g/mol. The van der Waals surface area contributed by atoms with E-state index in [1.165, 1.54) is 0 Å². The second-order valence-corrected chi connectivity index (χ2v) is 7.23. The van der Waals surface area contributed by atoms with Gasteiger partial charge in [-0.15, -0.1) is 0 Å². The van der Waals surface area contributed by atoms with Gasteiger partial charge in [0.25, 0.3) is 10.1 Å². The molecule has 0 bridgehead atoms. The molecule has 1 fully saturated rings. The summed E-state index contributed by atoms with van der Waals surface area (Å²) in [5, 5.41) is 11.0. The minimum Gasteiger partial charge on any atom is -0.548 e. The van der Waals surface area contributed by atoms with Crippen molar-refractivity contribution in [3.8, 4) is 0 Å². The number of hydrogen-bond acceptors (Lipinski definition) is 7. The summed E-state index contributed by atoms with van der Waals surface area (Å²) >= 11 is 0. The van der Waals surface area contributed by atoms with Crippen molar-refractivity contribution in [3.63, 3.8) is 0 Å². The number of amides is 1. The predicted octanol–water partition coefficient (Wildman–Crippen LogP) is -0.909. The zero-order valence-corrected chi connectivity index (χ0v) is 12.6. The van der Waals surface area contributed by atoms with Crippen LogP contribution in [0.15, 0.2) is 0 Å². The van der Waals surface area contributed by atoms with Gasteiger partial charge in [-0.3, -0.25) is 9.08 Å². The van der Waals surface area contributed by atoms with Gasteiger partial charge < -0.3 is 14.6 Å². The van der Waals surface area contributed by atoms with Crippen molar-refractivity contribution >= 4 is 22.2 Å². The van der Waals surface area contributed by atoms with Gasteiger partial charge in [-0.1, -0.05) is 0 Å². The molecule has 1 saturated heterocycles. The van der Waals surface area contributed by atoms with E-state index in [1.807, 2.05) is 0 Å². The topological polar surface area (TPSA) is 113 Å². The van der Waals surface area contributed by atoms with Crippen LogP contribution in [0, 0.1) is 0 Å². The van der Waals surface area contributed by atoms with E-state index in [1.54, 1.807) is 20.8 Å². The molecular formula is C11H18NO7S-. The number of likely N-dealkylation sites (tertiary alicyclic amines) is 1. The molecule has 1 rings (SSSR count). The number of nitrogens with zero attached hydrogens (tertiary/aromatic N) is 1. The summed E-state index contributed by atoms with van der Waals surface area (Å²) in [5.41, 5.74) is -0.788. The largest absolute Gasteiger partial charge is 0.548 e. The Labute approximate surface area is 117 Å². The number of carboxylic acids is 1. The fourth-order valence-electron chi connectivity index (χ4n) is 1.86. The van der Waals surface area contributed by atoms with Crippen molar-refractivity contribution in [1.29, 1.82) is 0 Å². The molecule has 9 heteroatoms. The lowest BCUT2D eigenvalue weighted by atomic mass is 10.2. The molecule has 0 N–H and O–H groups in total. The van der Waals surface area contributed by atoms with Crippen LogP contribution < -0.4 is 5.11 Å². The number of ether oxygens (including phenoxy) is 1. The van der Waals surface area contributed by atoms with E-state index in [2.05, 4.69) is 0 Å². The third-order valence-electron chi connectivity index (χ3n) is 2.47. The lowest BCUT2D eigenvalue weighted by Gasteiger charge is -2.28. The third kappa shape index (κ3) is 4.97. The maximum Gasteiger partial charge on any atom is 0.410 e. The Kier molecular flexibility index (Phi) is 4.65.